The summed E-state index contributed by atoms with van der Waals surface area (Å²) in [6.07, 6.45) is 68.3. The van der Waals surface area contributed by atoms with Gasteiger partial charge in [-0.25, -0.2) is 0 Å². The van der Waals surface area contributed by atoms with Crippen LogP contribution in [0.5, 0.6) is 0 Å². The second-order valence-electron chi connectivity index (χ2n) is 28.5. The van der Waals surface area contributed by atoms with E-state index in [2.05, 4.69) is 43.5 Å². The zero-order valence-corrected chi connectivity index (χ0v) is 60.7. The molecule has 2 heterocycles. The van der Waals surface area contributed by atoms with Gasteiger partial charge in [-0.15, -0.1) is 0 Å². The molecular weight excluding hydrogens is 1180 g/mol. The monoisotopic (exact) mass is 1330 g/mol. The number of amides is 1. The summed E-state index contributed by atoms with van der Waals surface area (Å²) >= 11 is 0. The Morgan fingerprint density at radius 1 is 0.372 bits per heavy atom. The molecule has 0 spiro atoms. The molecule has 14 heteroatoms. The van der Waals surface area contributed by atoms with E-state index in [1.165, 1.54) is 295 Å². The first-order chi connectivity index (χ1) is 46.1. The second kappa shape index (κ2) is 64.6. The molecule has 12 unspecified atom stereocenters. The molecule has 0 radical (unpaired) electrons. The van der Waals surface area contributed by atoms with E-state index < -0.39 is 86.8 Å². The molecule has 0 aliphatic carbocycles. The van der Waals surface area contributed by atoms with Crippen LogP contribution in [0.3, 0.4) is 0 Å². The molecule has 2 aliphatic heterocycles. The first-order valence-electron chi connectivity index (χ1n) is 40.2. The van der Waals surface area contributed by atoms with Crippen LogP contribution in [-0.4, -0.2) is 140 Å². The van der Waals surface area contributed by atoms with Crippen molar-refractivity contribution in [2.24, 2.45) is 0 Å². The van der Waals surface area contributed by atoms with E-state index in [1.54, 1.807) is 6.08 Å². The van der Waals surface area contributed by atoms with E-state index in [9.17, 15) is 45.6 Å². The molecule has 12 atom stereocenters. The van der Waals surface area contributed by atoms with Crippen LogP contribution in [0.25, 0.3) is 0 Å². The van der Waals surface area contributed by atoms with Crippen molar-refractivity contribution in [3.63, 3.8) is 0 Å². The summed E-state index contributed by atoms with van der Waals surface area (Å²) < 4.78 is 22.9. The molecule has 0 bridgehead atoms. The summed E-state index contributed by atoms with van der Waals surface area (Å²) in [5.41, 5.74) is 0. The normalized spacial score (nSPS) is 22.6. The van der Waals surface area contributed by atoms with Crippen molar-refractivity contribution in [1.29, 1.82) is 0 Å². The Balaban J connectivity index is 1.56. The van der Waals surface area contributed by atoms with Gasteiger partial charge >= 0.3 is 0 Å². The first-order valence-corrected chi connectivity index (χ1v) is 40.2. The number of rotatable bonds is 68. The zero-order valence-electron chi connectivity index (χ0n) is 60.7. The van der Waals surface area contributed by atoms with Gasteiger partial charge in [-0.2, -0.15) is 0 Å². The van der Waals surface area contributed by atoms with E-state index in [0.717, 1.165) is 44.9 Å². The van der Waals surface area contributed by atoms with E-state index in [0.29, 0.717) is 12.8 Å². The van der Waals surface area contributed by atoms with Crippen LogP contribution in [0, 0.1) is 0 Å². The van der Waals surface area contributed by atoms with E-state index in [-0.39, 0.29) is 18.9 Å². The van der Waals surface area contributed by atoms with Crippen molar-refractivity contribution >= 4 is 5.91 Å². The molecule has 2 aliphatic rings. The van der Waals surface area contributed by atoms with Crippen LogP contribution in [0.4, 0.5) is 0 Å². The average Bonchev–Trinajstić information content (AvgIpc) is 0.794. The number of aliphatic hydroxyl groups is 8. The third kappa shape index (κ3) is 47.3. The average molecular weight is 1340 g/mol. The number of carbonyl (C=O) groups is 1. The van der Waals surface area contributed by atoms with Crippen LogP contribution in [0.1, 0.15) is 373 Å². The van der Waals surface area contributed by atoms with E-state index in [1.807, 2.05) is 6.08 Å². The molecule has 2 rings (SSSR count). The lowest BCUT2D eigenvalue weighted by molar-refractivity contribution is -0.359. The number of unbranched alkanes of at least 4 members (excludes halogenated alkanes) is 51. The van der Waals surface area contributed by atoms with Crippen molar-refractivity contribution in [3.8, 4) is 0 Å². The van der Waals surface area contributed by atoms with Crippen molar-refractivity contribution in [2.45, 2.75) is 447 Å². The predicted molar refractivity (Wildman–Crippen MR) is 388 cm³/mol. The van der Waals surface area contributed by atoms with Gasteiger partial charge in [0.05, 0.1) is 32.0 Å². The molecule has 1 amide bonds. The van der Waals surface area contributed by atoms with E-state index >= 15 is 0 Å². The number of hydrogen-bond donors (Lipinski definition) is 9. The molecule has 0 saturated carbocycles. The molecule has 9 N–H and O–H groups in total. The fourth-order valence-corrected chi connectivity index (χ4v) is 13.4. The Kier molecular flexibility index (Phi) is 60.7. The van der Waals surface area contributed by atoms with Gasteiger partial charge in [-0.05, 0) is 44.9 Å². The maximum atomic E-state index is 13.4. The number of carbonyl (C=O) groups excluding carboxylic acids is 1. The maximum Gasteiger partial charge on any atom is 0.220 e. The van der Waals surface area contributed by atoms with Gasteiger partial charge in [-0.1, -0.05) is 359 Å². The lowest BCUT2D eigenvalue weighted by Gasteiger charge is -2.46. The van der Waals surface area contributed by atoms with Crippen molar-refractivity contribution in [2.75, 3.05) is 19.8 Å². The largest absolute Gasteiger partial charge is 0.394 e. The number of nitrogens with one attached hydrogen (secondary N) is 1. The highest BCUT2D eigenvalue weighted by Crippen LogP contribution is 2.30. The van der Waals surface area contributed by atoms with Crippen LogP contribution < -0.4 is 5.32 Å². The highest BCUT2D eigenvalue weighted by Gasteiger charge is 2.51. The molecule has 554 valence electrons. The minimum absolute atomic E-state index is 0.246. The van der Waals surface area contributed by atoms with Crippen LogP contribution in [0.15, 0.2) is 36.5 Å². The Morgan fingerprint density at radius 2 is 0.681 bits per heavy atom. The van der Waals surface area contributed by atoms with E-state index in [4.69, 9.17) is 18.9 Å². The van der Waals surface area contributed by atoms with Gasteiger partial charge in [0, 0.05) is 6.42 Å². The highest BCUT2D eigenvalue weighted by molar-refractivity contribution is 5.76. The van der Waals surface area contributed by atoms with Gasteiger partial charge in [0.1, 0.15) is 48.8 Å². The molecule has 94 heavy (non-hydrogen) atoms. The van der Waals surface area contributed by atoms with Crippen LogP contribution in [-0.2, 0) is 23.7 Å². The minimum Gasteiger partial charge on any atom is -0.394 e. The lowest BCUT2D eigenvalue weighted by Crippen LogP contribution is -2.65. The number of aliphatic hydroxyl groups excluding tert-OH is 8. The summed E-state index contributed by atoms with van der Waals surface area (Å²) in [5, 5.41) is 87.5. The minimum atomic E-state index is -1.79. The third-order valence-corrected chi connectivity index (χ3v) is 19.8. The fourth-order valence-electron chi connectivity index (χ4n) is 13.4. The Labute approximate surface area is 576 Å². The zero-order chi connectivity index (χ0) is 68.0. The number of ether oxygens (including phenoxy) is 4. The number of allylic oxidation sites excluding steroid dienone is 5. The maximum absolute atomic E-state index is 13.4. The molecule has 0 aromatic carbocycles. The molecule has 2 saturated heterocycles. The number of hydrogen-bond acceptors (Lipinski definition) is 13. The fraction of sp³-hybridized carbons (Fsp3) is 0.912. The predicted octanol–water partition coefficient (Wildman–Crippen LogP) is 18.0. The highest BCUT2D eigenvalue weighted by atomic mass is 16.7. The Hall–Kier alpha value is -1.79. The molecule has 14 nitrogen and oxygen atoms in total. The van der Waals surface area contributed by atoms with Gasteiger partial charge in [-0.3, -0.25) is 4.79 Å². The SMILES string of the molecule is CCCCCCCCCCCC/C=C/CC/C=C/CC/C=C/C(O)C(COC1OC(CO)C(OC2OC(CO)C(O)C(O)C2O)C(O)C1O)NC(=O)CCCCCCCCCCCCCCCCCCCCCCCCCCCCCCCCCCCCCCCCCC. The summed E-state index contributed by atoms with van der Waals surface area (Å²) in [7, 11) is 0. The topological polar surface area (TPSA) is 228 Å². The standard InChI is InChI=1S/C80H151NO13/c1-3-5-7-9-11-13-15-17-19-21-23-25-26-27-28-29-30-31-32-33-34-35-36-37-38-39-40-41-42-43-44-46-48-50-52-54-56-58-60-62-64-72(85)81-68(69(84)63-61-59-57-55-53-51-49-47-45-24-22-20-18-16-14-12-10-8-6-4-2)67-91-79-77(90)75(88)78(71(66-83)93-79)94-80-76(89)74(87)73(86)70(65-82)92-80/h45,47,53,55,61,63,68-71,73-80,82-84,86-90H,3-44,46,48-52,54,56-60,62,64-67H2,1-2H3,(H,81,85)/b47-45+,55-53+,63-61+. The van der Waals surface area contributed by atoms with Crippen molar-refractivity contribution in [3.05, 3.63) is 36.5 Å². The van der Waals surface area contributed by atoms with Gasteiger partial charge in [0.15, 0.2) is 12.6 Å². The summed E-state index contributed by atoms with van der Waals surface area (Å²) in [5.74, 6) is -0.246. The van der Waals surface area contributed by atoms with Crippen molar-refractivity contribution < 1.29 is 64.6 Å². The summed E-state index contributed by atoms with van der Waals surface area (Å²) in [6.45, 7) is 2.83. The van der Waals surface area contributed by atoms with Crippen molar-refractivity contribution in [1.82, 2.24) is 5.32 Å². The quantitative estimate of drug-likeness (QED) is 0.0204. The third-order valence-electron chi connectivity index (χ3n) is 19.8. The molecule has 0 aromatic rings. The smallest absolute Gasteiger partial charge is 0.220 e. The Bertz CT molecular complexity index is 1720. The molecular formula is C80H151NO13. The Morgan fingerprint density at radius 3 is 1.04 bits per heavy atom. The lowest BCUT2D eigenvalue weighted by atomic mass is 9.97. The van der Waals surface area contributed by atoms with Crippen LogP contribution in [0.2, 0.25) is 0 Å². The van der Waals surface area contributed by atoms with Gasteiger partial charge in [0.2, 0.25) is 5.91 Å². The van der Waals surface area contributed by atoms with Gasteiger partial charge in [0.25, 0.3) is 0 Å². The first kappa shape index (κ1) is 88.3. The second-order valence-corrected chi connectivity index (χ2v) is 28.5. The summed E-state index contributed by atoms with van der Waals surface area (Å²) in [6, 6.07) is -0.937. The van der Waals surface area contributed by atoms with Crippen LogP contribution >= 0.6 is 0 Å². The molecule has 2 fully saturated rings. The molecule has 0 aromatic heterocycles. The summed E-state index contributed by atoms with van der Waals surface area (Å²) in [4.78, 5) is 13.4. The van der Waals surface area contributed by atoms with Gasteiger partial charge < -0.3 is 65.1 Å².